The van der Waals surface area contributed by atoms with E-state index in [2.05, 4.69) is 15.6 Å². The summed E-state index contributed by atoms with van der Waals surface area (Å²) in [7, 11) is 0. The van der Waals surface area contributed by atoms with Crippen molar-refractivity contribution < 1.29 is 14.7 Å². The standard InChI is InChI=1S/C14H17N3O3/c18-13(19)12-10(2-1-5-15-12)16-14(20)17-11-7-8-3-4-9(11)6-8/h1-2,5,8-9,11H,3-4,6-7H2,(H,18,19)(H2,16,17,20). The van der Waals surface area contributed by atoms with E-state index in [1.54, 1.807) is 6.07 Å². The Morgan fingerprint density at radius 3 is 2.80 bits per heavy atom. The Morgan fingerprint density at radius 1 is 1.30 bits per heavy atom. The highest BCUT2D eigenvalue weighted by Gasteiger charge is 2.40. The summed E-state index contributed by atoms with van der Waals surface area (Å²) in [4.78, 5) is 26.8. The Morgan fingerprint density at radius 2 is 2.15 bits per heavy atom. The van der Waals surface area contributed by atoms with Crippen molar-refractivity contribution in [2.45, 2.75) is 31.7 Å². The first-order valence-corrected chi connectivity index (χ1v) is 6.89. The molecule has 0 aromatic carbocycles. The van der Waals surface area contributed by atoms with Gasteiger partial charge >= 0.3 is 12.0 Å². The molecule has 2 saturated carbocycles. The van der Waals surface area contributed by atoms with E-state index in [9.17, 15) is 9.59 Å². The molecule has 3 atom stereocenters. The van der Waals surface area contributed by atoms with Gasteiger partial charge in [0.1, 0.15) is 0 Å². The number of rotatable bonds is 3. The van der Waals surface area contributed by atoms with Gasteiger partial charge in [0.25, 0.3) is 0 Å². The number of anilines is 1. The van der Waals surface area contributed by atoms with Crippen molar-refractivity contribution in [1.29, 1.82) is 0 Å². The Bertz CT molecular complexity index is 546. The van der Waals surface area contributed by atoms with Gasteiger partial charge in [-0.2, -0.15) is 0 Å². The van der Waals surface area contributed by atoms with Crippen LogP contribution in [0.15, 0.2) is 18.3 Å². The second-order valence-electron chi connectivity index (χ2n) is 5.58. The summed E-state index contributed by atoms with van der Waals surface area (Å²) >= 11 is 0. The molecule has 3 unspecified atom stereocenters. The van der Waals surface area contributed by atoms with E-state index < -0.39 is 5.97 Å². The highest BCUT2D eigenvalue weighted by Crippen LogP contribution is 2.44. The second-order valence-corrected chi connectivity index (χ2v) is 5.58. The summed E-state index contributed by atoms with van der Waals surface area (Å²) in [6.45, 7) is 0. The topological polar surface area (TPSA) is 91.3 Å². The van der Waals surface area contributed by atoms with Crippen LogP contribution in [0.25, 0.3) is 0 Å². The fraction of sp³-hybridized carbons (Fsp3) is 0.500. The minimum atomic E-state index is -1.15. The Kier molecular flexibility index (Phi) is 3.30. The molecule has 1 heterocycles. The number of fused-ring (bicyclic) bond motifs is 2. The maximum Gasteiger partial charge on any atom is 0.356 e. The van der Waals surface area contributed by atoms with E-state index in [0.717, 1.165) is 12.3 Å². The molecule has 2 fully saturated rings. The molecular weight excluding hydrogens is 258 g/mol. The summed E-state index contributed by atoms with van der Waals surface area (Å²) in [5, 5.41) is 14.6. The van der Waals surface area contributed by atoms with Crippen LogP contribution < -0.4 is 10.6 Å². The molecule has 2 amide bonds. The summed E-state index contributed by atoms with van der Waals surface area (Å²) < 4.78 is 0. The van der Waals surface area contributed by atoms with Gasteiger partial charge in [0.2, 0.25) is 0 Å². The fourth-order valence-corrected chi connectivity index (χ4v) is 3.42. The lowest BCUT2D eigenvalue weighted by atomic mass is 9.95. The molecule has 1 aromatic rings. The number of pyridine rings is 1. The summed E-state index contributed by atoms with van der Waals surface area (Å²) in [6.07, 6.45) is 6.09. The normalized spacial score (nSPS) is 27.3. The van der Waals surface area contributed by atoms with Gasteiger partial charge in [0.05, 0.1) is 5.69 Å². The first-order valence-electron chi connectivity index (χ1n) is 6.89. The van der Waals surface area contributed by atoms with E-state index in [1.165, 1.54) is 31.5 Å². The minimum absolute atomic E-state index is 0.143. The zero-order chi connectivity index (χ0) is 14.1. The number of urea groups is 1. The van der Waals surface area contributed by atoms with Crippen LogP contribution in [0.2, 0.25) is 0 Å². The van der Waals surface area contributed by atoms with Gasteiger partial charge < -0.3 is 15.7 Å². The summed E-state index contributed by atoms with van der Waals surface area (Å²) in [5.41, 5.74) is 0.0799. The molecule has 2 bridgehead atoms. The number of amides is 2. The first kappa shape index (κ1) is 12.9. The predicted octanol–water partition coefficient (Wildman–Crippen LogP) is 2.09. The van der Waals surface area contributed by atoms with E-state index in [-0.39, 0.29) is 23.5 Å². The van der Waals surface area contributed by atoms with Crippen LogP contribution in [0.3, 0.4) is 0 Å². The Hall–Kier alpha value is -2.11. The maximum absolute atomic E-state index is 12.0. The van der Waals surface area contributed by atoms with Gasteiger partial charge in [0, 0.05) is 12.2 Å². The van der Waals surface area contributed by atoms with E-state index >= 15 is 0 Å². The van der Waals surface area contributed by atoms with Crippen LogP contribution in [0.5, 0.6) is 0 Å². The lowest BCUT2D eigenvalue weighted by Gasteiger charge is -2.23. The third-order valence-corrected chi connectivity index (χ3v) is 4.31. The van der Waals surface area contributed by atoms with Gasteiger partial charge in [-0.25, -0.2) is 14.6 Å². The highest BCUT2D eigenvalue weighted by atomic mass is 16.4. The van der Waals surface area contributed by atoms with Crippen molar-refractivity contribution in [1.82, 2.24) is 10.3 Å². The fourth-order valence-electron chi connectivity index (χ4n) is 3.42. The van der Waals surface area contributed by atoms with Crippen LogP contribution in [-0.2, 0) is 0 Å². The third kappa shape index (κ3) is 2.45. The third-order valence-electron chi connectivity index (χ3n) is 4.31. The SMILES string of the molecule is O=C(Nc1cccnc1C(=O)O)NC1CC2CCC1C2. The Balaban J connectivity index is 1.63. The molecule has 106 valence electrons. The second kappa shape index (κ2) is 5.11. The smallest absolute Gasteiger partial charge is 0.356 e. The zero-order valence-corrected chi connectivity index (χ0v) is 11.0. The number of nitrogens with zero attached hydrogens (tertiary/aromatic N) is 1. The molecule has 0 spiro atoms. The van der Waals surface area contributed by atoms with Crippen molar-refractivity contribution in [2.75, 3.05) is 5.32 Å². The van der Waals surface area contributed by atoms with Crippen molar-refractivity contribution in [3.8, 4) is 0 Å². The van der Waals surface area contributed by atoms with E-state index in [4.69, 9.17) is 5.11 Å². The van der Waals surface area contributed by atoms with Crippen LogP contribution in [-0.4, -0.2) is 28.1 Å². The van der Waals surface area contributed by atoms with Gasteiger partial charge in [-0.15, -0.1) is 0 Å². The number of carboxylic acid groups (broad SMARTS) is 1. The number of aromatic carboxylic acids is 1. The maximum atomic E-state index is 12.0. The van der Waals surface area contributed by atoms with Crippen molar-refractivity contribution >= 4 is 17.7 Å². The average molecular weight is 275 g/mol. The molecule has 20 heavy (non-hydrogen) atoms. The molecule has 0 aliphatic heterocycles. The highest BCUT2D eigenvalue weighted by molar-refractivity contribution is 5.98. The Labute approximate surface area is 116 Å². The van der Waals surface area contributed by atoms with E-state index in [0.29, 0.717) is 5.92 Å². The summed E-state index contributed by atoms with van der Waals surface area (Å²) in [6, 6.07) is 3.01. The quantitative estimate of drug-likeness (QED) is 0.787. The molecule has 0 radical (unpaired) electrons. The number of carboxylic acids is 1. The minimum Gasteiger partial charge on any atom is -0.476 e. The van der Waals surface area contributed by atoms with Crippen LogP contribution in [0, 0.1) is 11.8 Å². The first-order chi connectivity index (χ1) is 9.63. The number of carbonyl (C=O) groups is 2. The molecule has 6 nitrogen and oxygen atoms in total. The van der Waals surface area contributed by atoms with E-state index in [1.807, 2.05) is 0 Å². The number of nitrogens with one attached hydrogen (secondary N) is 2. The lowest BCUT2D eigenvalue weighted by molar-refractivity contribution is 0.0692. The predicted molar refractivity (Wildman–Crippen MR) is 72.6 cm³/mol. The number of hydrogen-bond donors (Lipinski definition) is 3. The van der Waals surface area contributed by atoms with Crippen LogP contribution >= 0.6 is 0 Å². The van der Waals surface area contributed by atoms with Gasteiger partial charge in [-0.05, 0) is 43.2 Å². The molecular formula is C14H17N3O3. The molecule has 3 rings (SSSR count). The lowest BCUT2D eigenvalue weighted by Crippen LogP contribution is -2.41. The molecule has 6 heteroatoms. The van der Waals surface area contributed by atoms with Crippen LogP contribution in [0.1, 0.15) is 36.2 Å². The zero-order valence-electron chi connectivity index (χ0n) is 11.0. The van der Waals surface area contributed by atoms with Crippen molar-refractivity contribution in [2.24, 2.45) is 11.8 Å². The van der Waals surface area contributed by atoms with Crippen molar-refractivity contribution in [3.63, 3.8) is 0 Å². The summed E-state index contributed by atoms with van der Waals surface area (Å²) in [5.74, 6) is 0.178. The molecule has 0 saturated heterocycles. The number of carbonyl (C=O) groups excluding carboxylic acids is 1. The molecule has 2 aliphatic carbocycles. The monoisotopic (exact) mass is 275 g/mol. The largest absolute Gasteiger partial charge is 0.476 e. The molecule has 2 aliphatic rings. The van der Waals surface area contributed by atoms with Gasteiger partial charge in [-0.1, -0.05) is 6.42 Å². The van der Waals surface area contributed by atoms with Gasteiger partial charge in [-0.3, -0.25) is 0 Å². The van der Waals surface area contributed by atoms with Crippen LogP contribution in [0.4, 0.5) is 10.5 Å². The number of aromatic nitrogens is 1. The average Bonchev–Trinajstić information content (AvgIpc) is 3.01. The molecule has 1 aromatic heterocycles. The van der Waals surface area contributed by atoms with Gasteiger partial charge in [0.15, 0.2) is 5.69 Å². The molecule has 3 N–H and O–H groups in total. The van der Waals surface area contributed by atoms with Crippen molar-refractivity contribution in [3.05, 3.63) is 24.0 Å². The number of hydrogen-bond acceptors (Lipinski definition) is 3.